The third-order valence-corrected chi connectivity index (χ3v) is 5.14. The van der Waals surface area contributed by atoms with Crippen molar-refractivity contribution in [2.24, 2.45) is 5.41 Å². The SMILES string of the molecule is Cc1ccc(C2OCC3(CCCCC3)CNC2C)cc1. The number of benzene rings is 1. The van der Waals surface area contributed by atoms with Gasteiger partial charge in [0, 0.05) is 18.0 Å². The van der Waals surface area contributed by atoms with Crippen LogP contribution in [0.5, 0.6) is 0 Å². The van der Waals surface area contributed by atoms with Crippen LogP contribution in [0.4, 0.5) is 0 Å². The first-order chi connectivity index (χ1) is 9.69. The maximum absolute atomic E-state index is 6.37. The molecule has 1 saturated heterocycles. The third kappa shape index (κ3) is 2.91. The lowest BCUT2D eigenvalue weighted by Gasteiger charge is -2.35. The molecule has 1 aliphatic carbocycles. The average molecular weight is 273 g/mol. The van der Waals surface area contributed by atoms with Gasteiger partial charge < -0.3 is 10.1 Å². The first kappa shape index (κ1) is 14.1. The molecule has 1 spiro atoms. The highest BCUT2D eigenvalue weighted by atomic mass is 16.5. The minimum atomic E-state index is 0.192. The minimum absolute atomic E-state index is 0.192. The Morgan fingerprint density at radius 2 is 1.80 bits per heavy atom. The van der Waals surface area contributed by atoms with Crippen molar-refractivity contribution in [1.29, 1.82) is 0 Å². The van der Waals surface area contributed by atoms with Crippen LogP contribution < -0.4 is 5.32 Å². The molecule has 20 heavy (non-hydrogen) atoms. The van der Waals surface area contributed by atoms with Gasteiger partial charge in [0.15, 0.2) is 0 Å². The molecule has 2 nitrogen and oxygen atoms in total. The molecule has 0 radical (unpaired) electrons. The summed E-state index contributed by atoms with van der Waals surface area (Å²) in [6.07, 6.45) is 6.99. The van der Waals surface area contributed by atoms with Gasteiger partial charge in [-0.05, 0) is 32.3 Å². The van der Waals surface area contributed by atoms with E-state index in [1.165, 1.54) is 43.2 Å². The van der Waals surface area contributed by atoms with Crippen molar-refractivity contribution in [2.45, 2.75) is 58.1 Å². The van der Waals surface area contributed by atoms with Gasteiger partial charge in [-0.15, -0.1) is 0 Å². The van der Waals surface area contributed by atoms with E-state index < -0.39 is 0 Å². The van der Waals surface area contributed by atoms with Gasteiger partial charge in [-0.3, -0.25) is 0 Å². The summed E-state index contributed by atoms with van der Waals surface area (Å²) in [6, 6.07) is 9.20. The van der Waals surface area contributed by atoms with Crippen LogP contribution in [0.2, 0.25) is 0 Å². The molecule has 2 atom stereocenters. The van der Waals surface area contributed by atoms with Crippen LogP contribution in [0.1, 0.15) is 56.3 Å². The number of nitrogens with one attached hydrogen (secondary N) is 1. The Labute approximate surface area is 122 Å². The summed E-state index contributed by atoms with van der Waals surface area (Å²) in [5, 5.41) is 3.74. The second-order valence-corrected chi connectivity index (χ2v) is 6.87. The summed E-state index contributed by atoms with van der Waals surface area (Å²) in [7, 11) is 0. The molecule has 0 bridgehead atoms. The van der Waals surface area contributed by atoms with E-state index in [9.17, 15) is 0 Å². The second kappa shape index (κ2) is 5.87. The van der Waals surface area contributed by atoms with Gasteiger partial charge in [0.05, 0.1) is 12.7 Å². The maximum Gasteiger partial charge on any atom is 0.0975 e. The summed E-state index contributed by atoms with van der Waals surface area (Å²) in [5.41, 5.74) is 3.02. The summed E-state index contributed by atoms with van der Waals surface area (Å²) in [4.78, 5) is 0. The van der Waals surface area contributed by atoms with Crippen LogP contribution >= 0.6 is 0 Å². The summed E-state index contributed by atoms with van der Waals surface area (Å²) < 4.78 is 6.37. The minimum Gasteiger partial charge on any atom is -0.371 e. The molecular formula is C18H27NO. The lowest BCUT2D eigenvalue weighted by Crippen LogP contribution is -2.39. The first-order valence-corrected chi connectivity index (χ1v) is 8.10. The van der Waals surface area contributed by atoms with Gasteiger partial charge in [-0.2, -0.15) is 0 Å². The Morgan fingerprint density at radius 3 is 2.50 bits per heavy atom. The van der Waals surface area contributed by atoms with Gasteiger partial charge in [0.2, 0.25) is 0 Å². The van der Waals surface area contributed by atoms with Crippen LogP contribution in [-0.4, -0.2) is 19.2 Å². The van der Waals surface area contributed by atoms with Crippen molar-refractivity contribution in [3.8, 4) is 0 Å². The summed E-state index contributed by atoms with van der Waals surface area (Å²) in [6.45, 7) is 6.43. The van der Waals surface area contributed by atoms with Gasteiger partial charge in [0.25, 0.3) is 0 Å². The lowest BCUT2D eigenvalue weighted by atomic mass is 9.74. The van der Waals surface area contributed by atoms with Gasteiger partial charge >= 0.3 is 0 Å². The zero-order valence-corrected chi connectivity index (χ0v) is 12.8. The Morgan fingerprint density at radius 1 is 1.10 bits per heavy atom. The Hall–Kier alpha value is -0.860. The zero-order valence-electron chi connectivity index (χ0n) is 12.8. The molecule has 2 heteroatoms. The molecule has 0 amide bonds. The lowest BCUT2D eigenvalue weighted by molar-refractivity contribution is -0.0104. The van der Waals surface area contributed by atoms with E-state index in [-0.39, 0.29) is 6.10 Å². The van der Waals surface area contributed by atoms with E-state index in [0.29, 0.717) is 11.5 Å². The highest BCUT2D eigenvalue weighted by Gasteiger charge is 2.37. The fourth-order valence-electron chi connectivity index (χ4n) is 3.71. The topological polar surface area (TPSA) is 21.3 Å². The molecular weight excluding hydrogens is 246 g/mol. The van der Waals surface area contributed by atoms with Crippen LogP contribution in [-0.2, 0) is 4.74 Å². The summed E-state index contributed by atoms with van der Waals surface area (Å²) in [5.74, 6) is 0. The van der Waals surface area contributed by atoms with Crippen molar-refractivity contribution < 1.29 is 4.74 Å². The number of ether oxygens (including phenoxy) is 1. The van der Waals surface area contributed by atoms with Crippen molar-refractivity contribution in [3.63, 3.8) is 0 Å². The quantitative estimate of drug-likeness (QED) is 0.835. The van der Waals surface area contributed by atoms with Crippen molar-refractivity contribution in [3.05, 3.63) is 35.4 Å². The predicted octanol–water partition coefficient (Wildman–Crippen LogP) is 3.99. The van der Waals surface area contributed by atoms with Crippen molar-refractivity contribution in [1.82, 2.24) is 5.32 Å². The Balaban J connectivity index is 1.75. The number of rotatable bonds is 1. The third-order valence-electron chi connectivity index (χ3n) is 5.14. The summed E-state index contributed by atoms with van der Waals surface area (Å²) >= 11 is 0. The standard InChI is InChI=1S/C18H27NO/c1-14-6-8-16(9-7-14)17-15(2)19-12-18(13-20-17)10-4-3-5-11-18/h6-9,15,17,19H,3-5,10-13H2,1-2H3. The Kier molecular flexibility index (Phi) is 4.13. The molecule has 1 aliphatic heterocycles. The van der Waals surface area contributed by atoms with Crippen molar-refractivity contribution >= 4 is 0 Å². The molecule has 0 aromatic heterocycles. The molecule has 110 valence electrons. The van der Waals surface area contributed by atoms with Crippen LogP contribution in [0, 0.1) is 12.3 Å². The second-order valence-electron chi connectivity index (χ2n) is 6.87. The molecule has 1 aromatic rings. The van der Waals surface area contributed by atoms with Crippen LogP contribution in [0.3, 0.4) is 0 Å². The molecule has 3 rings (SSSR count). The van der Waals surface area contributed by atoms with E-state index in [2.05, 4.69) is 43.4 Å². The van der Waals surface area contributed by atoms with E-state index >= 15 is 0 Å². The molecule has 2 aliphatic rings. The fourth-order valence-corrected chi connectivity index (χ4v) is 3.71. The highest BCUT2D eigenvalue weighted by molar-refractivity contribution is 5.24. The first-order valence-electron chi connectivity index (χ1n) is 8.10. The van der Waals surface area contributed by atoms with Gasteiger partial charge in [0.1, 0.15) is 0 Å². The normalized spacial score (nSPS) is 30.1. The van der Waals surface area contributed by atoms with E-state index in [1.54, 1.807) is 0 Å². The largest absolute Gasteiger partial charge is 0.371 e. The van der Waals surface area contributed by atoms with Gasteiger partial charge in [-0.1, -0.05) is 49.1 Å². The molecule has 1 N–H and O–H groups in total. The van der Waals surface area contributed by atoms with Crippen LogP contribution in [0.15, 0.2) is 24.3 Å². The zero-order chi connectivity index (χ0) is 14.0. The highest BCUT2D eigenvalue weighted by Crippen LogP contribution is 2.39. The van der Waals surface area contributed by atoms with E-state index in [0.717, 1.165) is 13.2 Å². The number of hydrogen-bond acceptors (Lipinski definition) is 2. The molecule has 1 heterocycles. The monoisotopic (exact) mass is 273 g/mol. The molecule has 2 unspecified atom stereocenters. The van der Waals surface area contributed by atoms with E-state index in [4.69, 9.17) is 4.74 Å². The smallest absolute Gasteiger partial charge is 0.0975 e. The molecule has 1 saturated carbocycles. The van der Waals surface area contributed by atoms with Crippen LogP contribution in [0.25, 0.3) is 0 Å². The number of hydrogen-bond donors (Lipinski definition) is 1. The van der Waals surface area contributed by atoms with Crippen molar-refractivity contribution in [2.75, 3.05) is 13.2 Å². The van der Waals surface area contributed by atoms with E-state index in [1.807, 2.05) is 0 Å². The maximum atomic E-state index is 6.37. The fraction of sp³-hybridized carbons (Fsp3) is 0.667. The number of aryl methyl sites for hydroxylation is 1. The predicted molar refractivity (Wildman–Crippen MR) is 82.9 cm³/mol. The molecule has 2 fully saturated rings. The average Bonchev–Trinajstić information content (AvgIpc) is 2.62. The molecule has 1 aromatic carbocycles. The van der Waals surface area contributed by atoms with Gasteiger partial charge in [-0.25, -0.2) is 0 Å². The Bertz CT molecular complexity index is 433.